The third-order valence-corrected chi connectivity index (χ3v) is 6.76. The molecule has 0 aliphatic carbocycles. The number of fused-ring (bicyclic) bond motifs is 1. The summed E-state index contributed by atoms with van der Waals surface area (Å²) in [6, 6.07) is 8.07. The number of hydrogen-bond donors (Lipinski definition) is 1. The van der Waals surface area contributed by atoms with Crippen LogP contribution in [0.3, 0.4) is 0 Å². The molecule has 2 aromatic rings. The Bertz CT molecular complexity index is 911. The number of likely N-dealkylation sites (tertiary alicyclic amines) is 1. The molecule has 7 heteroatoms. The lowest BCUT2D eigenvalue weighted by Gasteiger charge is -2.30. The number of benzene rings is 1. The predicted molar refractivity (Wildman–Crippen MR) is 124 cm³/mol. The van der Waals surface area contributed by atoms with E-state index in [0.29, 0.717) is 25.6 Å². The summed E-state index contributed by atoms with van der Waals surface area (Å²) in [5.41, 5.74) is 1.98. The van der Waals surface area contributed by atoms with E-state index in [9.17, 15) is 9.59 Å². The number of para-hydroxylation sites is 2. The van der Waals surface area contributed by atoms with E-state index in [4.69, 9.17) is 9.72 Å². The fourth-order valence-corrected chi connectivity index (χ4v) is 4.68. The number of unbranched alkanes of at least 4 members (excludes halogenated alkanes) is 2. The van der Waals surface area contributed by atoms with Gasteiger partial charge in [0.25, 0.3) is 0 Å². The molecule has 1 atom stereocenters. The lowest BCUT2D eigenvalue weighted by Crippen LogP contribution is -2.39. The maximum Gasteiger partial charge on any atom is 0.249 e. The van der Waals surface area contributed by atoms with Gasteiger partial charge in [-0.3, -0.25) is 9.59 Å². The second-order valence-electron chi connectivity index (χ2n) is 9.27. The minimum atomic E-state index is -0.254. The Morgan fingerprint density at radius 3 is 2.72 bits per heavy atom. The van der Waals surface area contributed by atoms with Crippen LogP contribution in [0.25, 0.3) is 11.0 Å². The van der Waals surface area contributed by atoms with Crippen molar-refractivity contribution in [3.63, 3.8) is 0 Å². The molecular formula is C25H36N4O3. The molecule has 3 heterocycles. The first kappa shape index (κ1) is 22.8. The number of amides is 2. The molecule has 32 heavy (non-hydrogen) atoms. The lowest BCUT2D eigenvalue weighted by molar-refractivity contribution is -0.133. The minimum absolute atomic E-state index is 0.0231. The van der Waals surface area contributed by atoms with Crippen LogP contribution in [0, 0.1) is 5.92 Å². The van der Waals surface area contributed by atoms with Gasteiger partial charge < -0.3 is 19.5 Å². The fourth-order valence-electron chi connectivity index (χ4n) is 4.68. The molecule has 2 saturated heterocycles. The molecule has 1 aromatic carbocycles. The zero-order valence-corrected chi connectivity index (χ0v) is 19.2. The van der Waals surface area contributed by atoms with Crippen molar-refractivity contribution in [2.24, 2.45) is 5.92 Å². The summed E-state index contributed by atoms with van der Waals surface area (Å²) in [7, 11) is 0. The van der Waals surface area contributed by atoms with Gasteiger partial charge in [-0.2, -0.15) is 0 Å². The number of ether oxygens (including phenoxy) is 1. The van der Waals surface area contributed by atoms with Gasteiger partial charge >= 0.3 is 0 Å². The molecule has 0 saturated carbocycles. The summed E-state index contributed by atoms with van der Waals surface area (Å²) in [5, 5.41) is 2.99. The standard InChI is InChI=1S/C25H36N4O3/c1-19-12-15-28(16-13-19)24(30)18-29-21-9-5-4-8-20(21)27-23(29)11-3-2-6-14-26-25(31)22-10-7-17-32-22/h4-5,8-9,19,22H,2-3,6-7,10-18H2,1H3,(H,26,31). The number of hydrogen-bond acceptors (Lipinski definition) is 4. The SMILES string of the molecule is CC1CCN(C(=O)Cn2c(CCCCCNC(=O)C3CCCO3)nc3ccccc32)CC1. The average Bonchev–Trinajstić information content (AvgIpc) is 3.45. The van der Waals surface area contributed by atoms with E-state index >= 15 is 0 Å². The highest BCUT2D eigenvalue weighted by molar-refractivity contribution is 5.81. The zero-order valence-electron chi connectivity index (χ0n) is 19.2. The molecule has 2 amide bonds. The Balaban J connectivity index is 1.29. The van der Waals surface area contributed by atoms with Gasteiger partial charge in [-0.1, -0.05) is 25.5 Å². The molecule has 1 aromatic heterocycles. The highest BCUT2D eigenvalue weighted by atomic mass is 16.5. The first-order valence-electron chi connectivity index (χ1n) is 12.2. The van der Waals surface area contributed by atoms with Crippen molar-refractivity contribution in [1.29, 1.82) is 0 Å². The van der Waals surface area contributed by atoms with E-state index in [1.807, 2.05) is 23.1 Å². The van der Waals surface area contributed by atoms with E-state index in [1.54, 1.807) is 0 Å². The van der Waals surface area contributed by atoms with E-state index in [-0.39, 0.29) is 17.9 Å². The van der Waals surface area contributed by atoms with Gasteiger partial charge in [-0.15, -0.1) is 0 Å². The molecule has 2 aliphatic heterocycles. The molecule has 2 aliphatic rings. The maximum atomic E-state index is 13.0. The van der Waals surface area contributed by atoms with E-state index in [2.05, 4.69) is 22.9 Å². The lowest BCUT2D eigenvalue weighted by atomic mass is 9.99. The summed E-state index contributed by atoms with van der Waals surface area (Å²) < 4.78 is 7.53. The van der Waals surface area contributed by atoms with Gasteiger partial charge in [0.2, 0.25) is 11.8 Å². The molecule has 0 spiro atoms. The first-order valence-corrected chi connectivity index (χ1v) is 12.2. The molecule has 1 unspecified atom stereocenters. The van der Waals surface area contributed by atoms with Crippen molar-refractivity contribution < 1.29 is 14.3 Å². The van der Waals surface area contributed by atoms with Crippen LogP contribution in [0.2, 0.25) is 0 Å². The smallest absolute Gasteiger partial charge is 0.249 e. The van der Waals surface area contributed by atoms with Crippen LogP contribution in [0.4, 0.5) is 0 Å². The Hall–Kier alpha value is -2.41. The quantitative estimate of drug-likeness (QED) is 0.607. The third-order valence-electron chi connectivity index (χ3n) is 6.76. The second-order valence-corrected chi connectivity index (χ2v) is 9.27. The van der Waals surface area contributed by atoms with Crippen LogP contribution in [0.15, 0.2) is 24.3 Å². The number of aryl methyl sites for hydroxylation is 1. The van der Waals surface area contributed by atoms with Gasteiger partial charge in [0.05, 0.1) is 11.0 Å². The number of nitrogens with one attached hydrogen (secondary N) is 1. The van der Waals surface area contributed by atoms with Crippen LogP contribution in [0.1, 0.15) is 57.7 Å². The van der Waals surface area contributed by atoms with Crippen LogP contribution < -0.4 is 5.32 Å². The van der Waals surface area contributed by atoms with E-state index < -0.39 is 0 Å². The zero-order chi connectivity index (χ0) is 22.3. The largest absolute Gasteiger partial charge is 0.368 e. The number of aromatic nitrogens is 2. The molecule has 4 rings (SSSR count). The van der Waals surface area contributed by atoms with E-state index in [0.717, 1.165) is 81.3 Å². The number of carbonyl (C=O) groups excluding carboxylic acids is 2. The highest BCUT2D eigenvalue weighted by Crippen LogP contribution is 2.20. The molecular weight excluding hydrogens is 404 g/mol. The first-order chi connectivity index (χ1) is 15.6. The van der Waals surface area contributed by atoms with Gasteiger partial charge in [0.15, 0.2) is 0 Å². The molecule has 0 radical (unpaired) electrons. The third kappa shape index (κ3) is 5.68. The van der Waals surface area contributed by atoms with Gasteiger partial charge in [-0.25, -0.2) is 4.98 Å². The topological polar surface area (TPSA) is 76.5 Å². The Morgan fingerprint density at radius 2 is 1.94 bits per heavy atom. The number of nitrogens with zero attached hydrogens (tertiary/aromatic N) is 3. The van der Waals surface area contributed by atoms with Crippen LogP contribution in [0.5, 0.6) is 0 Å². The number of imidazole rings is 1. The Morgan fingerprint density at radius 1 is 1.12 bits per heavy atom. The summed E-state index contributed by atoms with van der Waals surface area (Å²) in [5.74, 6) is 1.90. The normalized spacial score (nSPS) is 19.5. The number of piperidine rings is 1. The van der Waals surface area contributed by atoms with Crippen molar-refractivity contribution in [3.8, 4) is 0 Å². The monoisotopic (exact) mass is 440 g/mol. The molecule has 7 nitrogen and oxygen atoms in total. The molecule has 0 bridgehead atoms. The summed E-state index contributed by atoms with van der Waals surface area (Å²) >= 11 is 0. The summed E-state index contributed by atoms with van der Waals surface area (Å²) in [6.45, 7) is 5.72. The molecule has 1 N–H and O–H groups in total. The van der Waals surface area contributed by atoms with Crippen molar-refractivity contribution in [3.05, 3.63) is 30.1 Å². The number of carbonyl (C=O) groups is 2. The molecule has 174 valence electrons. The molecule has 2 fully saturated rings. The van der Waals surface area contributed by atoms with Crippen molar-refractivity contribution >= 4 is 22.8 Å². The maximum absolute atomic E-state index is 13.0. The second kappa shape index (κ2) is 10.9. The van der Waals surface area contributed by atoms with Gasteiger partial charge in [0, 0.05) is 32.7 Å². The van der Waals surface area contributed by atoms with Crippen molar-refractivity contribution in [2.45, 2.75) is 70.9 Å². The van der Waals surface area contributed by atoms with Crippen LogP contribution in [-0.2, 0) is 27.3 Å². The Labute approximate surface area is 190 Å². The van der Waals surface area contributed by atoms with Gasteiger partial charge in [0.1, 0.15) is 18.5 Å². The van der Waals surface area contributed by atoms with Crippen molar-refractivity contribution in [2.75, 3.05) is 26.2 Å². The average molecular weight is 441 g/mol. The predicted octanol–water partition coefficient (Wildman–Crippen LogP) is 3.30. The van der Waals surface area contributed by atoms with Crippen LogP contribution in [-0.4, -0.2) is 58.6 Å². The van der Waals surface area contributed by atoms with E-state index in [1.165, 1.54) is 0 Å². The summed E-state index contributed by atoms with van der Waals surface area (Å²) in [4.78, 5) is 31.8. The van der Waals surface area contributed by atoms with Crippen molar-refractivity contribution in [1.82, 2.24) is 19.8 Å². The summed E-state index contributed by atoms with van der Waals surface area (Å²) in [6.07, 6.45) is 7.48. The van der Waals surface area contributed by atoms with Crippen LogP contribution >= 0.6 is 0 Å². The number of rotatable bonds is 9. The fraction of sp³-hybridized carbons (Fsp3) is 0.640. The highest BCUT2D eigenvalue weighted by Gasteiger charge is 2.23. The van der Waals surface area contributed by atoms with Gasteiger partial charge in [-0.05, 0) is 56.6 Å². The minimum Gasteiger partial charge on any atom is -0.368 e. The Kier molecular flexibility index (Phi) is 7.79.